The molecule has 3 aliphatic rings. The number of H-pyrrole nitrogens is 1. The molecule has 0 bridgehead atoms. The number of fused-ring (bicyclic) bond motifs is 4. The highest BCUT2D eigenvalue weighted by Gasteiger charge is 2.49. The number of hydrogen-bond donors (Lipinski definition) is 1. The summed E-state index contributed by atoms with van der Waals surface area (Å²) in [5, 5.41) is 1.06. The minimum Gasteiger partial charge on any atom is -0.493 e. The number of nitrogens with zero attached hydrogens (tertiary/aromatic N) is 2. The molecule has 4 heterocycles. The number of amides is 2. The average molecular weight is 506 g/mol. The fourth-order valence-electron chi connectivity index (χ4n) is 6.12. The van der Waals surface area contributed by atoms with E-state index in [1.807, 2.05) is 30.3 Å². The van der Waals surface area contributed by atoms with Gasteiger partial charge in [-0.1, -0.05) is 18.2 Å². The summed E-state index contributed by atoms with van der Waals surface area (Å²) < 4.78 is 22.6. The second-order valence-electron chi connectivity index (χ2n) is 9.80. The molecule has 1 N–H and O–H groups in total. The fourth-order valence-corrected chi connectivity index (χ4v) is 6.12. The first kappa shape index (κ1) is 23.7. The SMILES string of the molecule is COc1cc([C@H]2c3[nH]c4ccccc4c3C[C@@H]3C(=O)N(C[C@@H]4CCCO4)CC(=O)N23)cc(OC)c1OC. The van der Waals surface area contributed by atoms with E-state index in [9.17, 15) is 9.59 Å². The van der Waals surface area contributed by atoms with Crippen molar-refractivity contribution in [3.05, 3.63) is 53.2 Å². The molecule has 0 saturated carbocycles. The highest BCUT2D eigenvalue weighted by molar-refractivity contribution is 5.97. The molecule has 6 rings (SSSR count). The molecule has 9 heteroatoms. The Morgan fingerprint density at radius 1 is 1.05 bits per heavy atom. The highest BCUT2D eigenvalue weighted by atomic mass is 16.5. The summed E-state index contributed by atoms with van der Waals surface area (Å²) in [6.45, 7) is 1.19. The molecule has 3 aromatic rings. The number of rotatable bonds is 6. The molecule has 9 nitrogen and oxygen atoms in total. The lowest BCUT2D eigenvalue weighted by molar-refractivity contribution is -0.159. The molecular weight excluding hydrogens is 474 g/mol. The number of para-hydroxylation sites is 1. The third-order valence-electron chi connectivity index (χ3n) is 7.79. The lowest BCUT2D eigenvalue weighted by Crippen LogP contribution is -2.63. The van der Waals surface area contributed by atoms with Crippen molar-refractivity contribution in [1.82, 2.24) is 14.8 Å². The number of nitrogens with one attached hydrogen (secondary N) is 1. The predicted molar refractivity (Wildman–Crippen MR) is 136 cm³/mol. The third kappa shape index (κ3) is 3.80. The van der Waals surface area contributed by atoms with Gasteiger partial charge in [0.15, 0.2) is 11.5 Å². The van der Waals surface area contributed by atoms with Gasteiger partial charge in [-0.25, -0.2) is 0 Å². The molecule has 0 aliphatic carbocycles. The molecule has 0 spiro atoms. The zero-order chi connectivity index (χ0) is 25.7. The largest absolute Gasteiger partial charge is 0.493 e. The summed E-state index contributed by atoms with van der Waals surface area (Å²) in [4.78, 5) is 34.7. The molecule has 3 atom stereocenters. The number of aromatic nitrogens is 1. The summed E-state index contributed by atoms with van der Waals surface area (Å²) in [7, 11) is 4.69. The number of piperazine rings is 1. The molecule has 2 saturated heterocycles. The van der Waals surface area contributed by atoms with Crippen LogP contribution >= 0.6 is 0 Å². The molecule has 194 valence electrons. The minimum absolute atomic E-state index is 0.0125. The molecule has 3 aliphatic heterocycles. The van der Waals surface area contributed by atoms with Crippen molar-refractivity contribution in [2.75, 3.05) is 41.0 Å². The summed E-state index contributed by atoms with van der Waals surface area (Å²) >= 11 is 0. The van der Waals surface area contributed by atoms with Crippen LogP contribution in [0.4, 0.5) is 0 Å². The van der Waals surface area contributed by atoms with Gasteiger partial charge in [0.2, 0.25) is 17.6 Å². The third-order valence-corrected chi connectivity index (χ3v) is 7.79. The maximum absolute atomic E-state index is 13.9. The molecule has 2 amide bonds. The molecule has 0 radical (unpaired) electrons. The Morgan fingerprint density at radius 3 is 2.49 bits per heavy atom. The maximum atomic E-state index is 13.9. The molecule has 1 aromatic heterocycles. The predicted octanol–water partition coefficient (Wildman–Crippen LogP) is 3.06. The number of carbonyl (C=O) groups is 2. The smallest absolute Gasteiger partial charge is 0.246 e. The number of methoxy groups -OCH3 is 3. The number of hydrogen-bond acceptors (Lipinski definition) is 6. The van der Waals surface area contributed by atoms with Gasteiger partial charge in [0.1, 0.15) is 6.04 Å². The van der Waals surface area contributed by atoms with Crippen LogP contribution in [0, 0.1) is 0 Å². The van der Waals surface area contributed by atoms with Gasteiger partial charge in [-0.2, -0.15) is 0 Å². The average Bonchev–Trinajstić information content (AvgIpc) is 3.57. The van der Waals surface area contributed by atoms with Crippen LogP contribution in [0.1, 0.15) is 35.7 Å². The van der Waals surface area contributed by atoms with Crippen molar-refractivity contribution in [2.24, 2.45) is 0 Å². The molecular formula is C28H31N3O6. The van der Waals surface area contributed by atoms with Gasteiger partial charge in [0.05, 0.1) is 40.0 Å². The Bertz CT molecular complexity index is 1340. The topological polar surface area (TPSA) is 93.3 Å². The van der Waals surface area contributed by atoms with Crippen LogP contribution < -0.4 is 14.2 Å². The van der Waals surface area contributed by atoms with Crippen LogP contribution in [-0.4, -0.2) is 79.8 Å². The second-order valence-corrected chi connectivity index (χ2v) is 9.80. The van der Waals surface area contributed by atoms with Crippen LogP contribution in [0.15, 0.2) is 36.4 Å². The van der Waals surface area contributed by atoms with Crippen molar-refractivity contribution in [2.45, 2.75) is 37.5 Å². The van der Waals surface area contributed by atoms with Gasteiger partial charge in [0.25, 0.3) is 0 Å². The van der Waals surface area contributed by atoms with Gasteiger partial charge in [-0.3, -0.25) is 9.59 Å². The summed E-state index contributed by atoms with van der Waals surface area (Å²) in [6.07, 6.45) is 2.33. The van der Waals surface area contributed by atoms with Crippen LogP contribution in [-0.2, 0) is 20.7 Å². The lowest BCUT2D eigenvalue weighted by Gasteiger charge is -2.47. The van der Waals surface area contributed by atoms with Gasteiger partial charge in [-0.15, -0.1) is 0 Å². The van der Waals surface area contributed by atoms with Gasteiger partial charge in [0, 0.05) is 36.2 Å². The first-order chi connectivity index (χ1) is 18.0. The van der Waals surface area contributed by atoms with E-state index in [1.54, 1.807) is 31.1 Å². The first-order valence-corrected chi connectivity index (χ1v) is 12.6. The van der Waals surface area contributed by atoms with E-state index in [-0.39, 0.29) is 24.5 Å². The molecule has 37 heavy (non-hydrogen) atoms. The van der Waals surface area contributed by atoms with Crippen molar-refractivity contribution < 1.29 is 28.5 Å². The Hall–Kier alpha value is -3.72. The van der Waals surface area contributed by atoms with Crippen molar-refractivity contribution >= 4 is 22.7 Å². The van der Waals surface area contributed by atoms with Crippen LogP contribution in [0.25, 0.3) is 10.9 Å². The van der Waals surface area contributed by atoms with Gasteiger partial charge in [-0.05, 0) is 42.2 Å². The normalized spacial score (nSPS) is 23.3. The van der Waals surface area contributed by atoms with Gasteiger partial charge >= 0.3 is 0 Å². The Balaban J connectivity index is 1.49. The van der Waals surface area contributed by atoms with E-state index in [0.717, 1.165) is 40.6 Å². The van der Waals surface area contributed by atoms with E-state index < -0.39 is 12.1 Å². The zero-order valence-electron chi connectivity index (χ0n) is 21.3. The number of ether oxygens (including phenoxy) is 4. The van der Waals surface area contributed by atoms with Crippen molar-refractivity contribution in [3.8, 4) is 17.2 Å². The van der Waals surface area contributed by atoms with E-state index in [0.29, 0.717) is 36.8 Å². The minimum atomic E-state index is -0.613. The highest BCUT2D eigenvalue weighted by Crippen LogP contribution is 2.47. The summed E-state index contributed by atoms with van der Waals surface area (Å²) in [5.41, 5.74) is 3.71. The Kier molecular flexibility index (Phi) is 5.95. The quantitative estimate of drug-likeness (QED) is 0.554. The van der Waals surface area contributed by atoms with Crippen molar-refractivity contribution in [3.63, 3.8) is 0 Å². The Labute approximate surface area is 215 Å². The van der Waals surface area contributed by atoms with Gasteiger partial charge < -0.3 is 33.7 Å². The van der Waals surface area contributed by atoms with Crippen LogP contribution in [0.2, 0.25) is 0 Å². The van der Waals surface area contributed by atoms with E-state index in [1.165, 1.54) is 0 Å². The van der Waals surface area contributed by atoms with E-state index >= 15 is 0 Å². The standard InChI is InChI=1S/C28H31N3O6/c1-34-22-11-16(12-23(35-2)27(22)36-3)26-25-19(18-8-4-5-9-20(18)29-25)13-21-28(33)30(15-24(32)31(21)26)14-17-7-6-10-37-17/h4-5,8-9,11-12,17,21,26,29H,6-7,10,13-15H2,1-3H3/t17-,21+,26-/m0/s1. The number of aromatic amines is 1. The van der Waals surface area contributed by atoms with Crippen LogP contribution in [0.3, 0.4) is 0 Å². The first-order valence-electron chi connectivity index (χ1n) is 12.6. The fraction of sp³-hybridized carbons (Fsp3) is 0.429. The second kappa shape index (κ2) is 9.30. The zero-order valence-corrected chi connectivity index (χ0v) is 21.3. The van der Waals surface area contributed by atoms with E-state index in [2.05, 4.69) is 11.1 Å². The van der Waals surface area contributed by atoms with E-state index in [4.69, 9.17) is 18.9 Å². The maximum Gasteiger partial charge on any atom is 0.246 e. The van der Waals surface area contributed by atoms with Crippen LogP contribution in [0.5, 0.6) is 17.2 Å². The monoisotopic (exact) mass is 505 g/mol. The van der Waals surface area contributed by atoms with Crippen molar-refractivity contribution in [1.29, 1.82) is 0 Å². The summed E-state index contributed by atoms with van der Waals surface area (Å²) in [6, 6.07) is 10.6. The number of benzene rings is 2. The molecule has 0 unspecified atom stereocenters. The molecule has 2 aromatic carbocycles. The number of carbonyl (C=O) groups excluding carboxylic acids is 2. The molecule has 2 fully saturated rings. The Morgan fingerprint density at radius 2 is 1.81 bits per heavy atom. The summed E-state index contributed by atoms with van der Waals surface area (Å²) in [5.74, 6) is 1.33. The lowest BCUT2D eigenvalue weighted by atomic mass is 9.86.